The molecule has 0 saturated heterocycles. The molecule has 0 aromatic heterocycles. The summed E-state index contributed by atoms with van der Waals surface area (Å²) in [7, 11) is 0. The minimum Gasteiger partial charge on any atom is -0.454 e. The van der Waals surface area contributed by atoms with Crippen LogP contribution in [0.1, 0.15) is 10.4 Å². The highest BCUT2D eigenvalue weighted by Crippen LogP contribution is 2.32. The van der Waals surface area contributed by atoms with Gasteiger partial charge in [-0.1, -0.05) is 23.2 Å². The molecule has 0 bridgehead atoms. The van der Waals surface area contributed by atoms with E-state index in [-0.39, 0.29) is 12.6 Å². The van der Waals surface area contributed by atoms with Gasteiger partial charge in [0.15, 0.2) is 17.3 Å². The Kier molecular flexibility index (Phi) is 4.22. The molecular formula is C16H11Cl2NO3. The molecule has 0 saturated carbocycles. The van der Waals surface area contributed by atoms with Crippen molar-refractivity contribution in [2.75, 3.05) is 12.1 Å². The number of halogens is 2. The van der Waals surface area contributed by atoms with Crippen LogP contribution in [0.3, 0.4) is 0 Å². The molecule has 22 heavy (non-hydrogen) atoms. The zero-order chi connectivity index (χ0) is 15.5. The summed E-state index contributed by atoms with van der Waals surface area (Å²) in [6, 6.07) is 10.1. The lowest BCUT2D eigenvalue weighted by atomic mass is 10.1. The molecule has 0 unspecified atom stereocenters. The van der Waals surface area contributed by atoms with E-state index in [0.717, 1.165) is 0 Å². The summed E-state index contributed by atoms with van der Waals surface area (Å²) >= 11 is 11.9. The summed E-state index contributed by atoms with van der Waals surface area (Å²) in [6.07, 6.45) is 2.93. The molecule has 0 aliphatic carbocycles. The molecule has 4 nitrogen and oxygen atoms in total. The summed E-state index contributed by atoms with van der Waals surface area (Å²) in [4.78, 5) is 12.1. The Bertz CT molecular complexity index is 759. The molecule has 2 aromatic rings. The smallest absolute Gasteiger partial charge is 0.231 e. The number of hydrogen-bond donors (Lipinski definition) is 1. The quantitative estimate of drug-likeness (QED) is 0.658. The Morgan fingerprint density at radius 2 is 1.91 bits per heavy atom. The monoisotopic (exact) mass is 335 g/mol. The Morgan fingerprint density at radius 3 is 2.77 bits per heavy atom. The predicted octanol–water partition coefficient (Wildman–Crippen LogP) is 4.53. The van der Waals surface area contributed by atoms with Crippen molar-refractivity contribution >= 4 is 34.7 Å². The molecular weight excluding hydrogens is 325 g/mol. The van der Waals surface area contributed by atoms with Crippen molar-refractivity contribution in [3.05, 3.63) is 64.3 Å². The van der Waals surface area contributed by atoms with Gasteiger partial charge >= 0.3 is 0 Å². The molecule has 0 radical (unpaired) electrons. The lowest BCUT2D eigenvalue weighted by Gasteiger charge is -2.04. The van der Waals surface area contributed by atoms with E-state index in [0.29, 0.717) is 32.8 Å². The van der Waals surface area contributed by atoms with Gasteiger partial charge in [0, 0.05) is 22.9 Å². The summed E-state index contributed by atoms with van der Waals surface area (Å²) < 4.78 is 10.5. The molecule has 0 fully saturated rings. The maximum absolute atomic E-state index is 12.1. The van der Waals surface area contributed by atoms with E-state index in [1.165, 1.54) is 12.3 Å². The van der Waals surface area contributed by atoms with Crippen molar-refractivity contribution < 1.29 is 14.3 Å². The summed E-state index contributed by atoms with van der Waals surface area (Å²) in [6.45, 7) is 0.178. The highest BCUT2D eigenvalue weighted by molar-refractivity contribution is 6.35. The van der Waals surface area contributed by atoms with E-state index in [2.05, 4.69) is 5.32 Å². The fraction of sp³-hybridized carbons (Fsp3) is 0.0625. The standard InChI is InChI=1S/C16H11Cl2NO3/c17-11-2-3-12(18)13(8-11)19-6-5-14(20)10-1-4-15-16(7-10)22-9-21-15/h1-8,19H,9H2/b6-5+. The number of ether oxygens (including phenoxy) is 2. The number of carbonyl (C=O) groups is 1. The number of anilines is 1. The van der Waals surface area contributed by atoms with Crippen LogP contribution in [0.2, 0.25) is 10.0 Å². The van der Waals surface area contributed by atoms with E-state index < -0.39 is 0 Å². The second kappa shape index (κ2) is 6.30. The molecule has 1 N–H and O–H groups in total. The van der Waals surface area contributed by atoms with Gasteiger partial charge in [-0.3, -0.25) is 4.79 Å². The number of allylic oxidation sites excluding steroid dienone is 1. The molecule has 112 valence electrons. The zero-order valence-electron chi connectivity index (χ0n) is 11.3. The van der Waals surface area contributed by atoms with Gasteiger partial charge in [0.2, 0.25) is 6.79 Å². The SMILES string of the molecule is O=C(/C=C/Nc1cc(Cl)ccc1Cl)c1ccc2c(c1)OCO2. The Labute approximate surface area is 137 Å². The normalized spacial score (nSPS) is 12.6. The van der Waals surface area contributed by atoms with Crippen LogP contribution in [0.25, 0.3) is 0 Å². The van der Waals surface area contributed by atoms with Crippen LogP contribution in [0.4, 0.5) is 5.69 Å². The zero-order valence-corrected chi connectivity index (χ0v) is 12.8. The molecule has 0 amide bonds. The summed E-state index contributed by atoms with van der Waals surface area (Å²) in [5.74, 6) is 1.05. The minimum absolute atomic E-state index is 0.163. The third kappa shape index (κ3) is 3.18. The maximum atomic E-state index is 12.1. The first kappa shape index (κ1) is 14.8. The van der Waals surface area contributed by atoms with Crippen LogP contribution >= 0.6 is 23.2 Å². The van der Waals surface area contributed by atoms with Gasteiger partial charge in [0.05, 0.1) is 10.7 Å². The van der Waals surface area contributed by atoms with Gasteiger partial charge in [-0.15, -0.1) is 0 Å². The number of rotatable bonds is 4. The third-order valence-electron chi connectivity index (χ3n) is 3.06. The Morgan fingerprint density at radius 1 is 1.09 bits per heavy atom. The highest BCUT2D eigenvalue weighted by Gasteiger charge is 2.15. The van der Waals surface area contributed by atoms with Gasteiger partial charge in [0.1, 0.15) is 0 Å². The number of ketones is 1. The van der Waals surface area contributed by atoms with E-state index in [1.807, 2.05) is 0 Å². The van der Waals surface area contributed by atoms with Crippen molar-refractivity contribution in [1.29, 1.82) is 0 Å². The highest BCUT2D eigenvalue weighted by atomic mass is 35.5. The molecule has 1 aliphatic heterocycles. The second-order valence-corrected chi connectivity index (χ2v) is 5.38. The number of nitrogens with one attached hydrogen (secondary N) is 1. The maximum Gasteiger partial charge on any atom is 0.231 e. The van der Waals surface area contributed by atoms with Crippen molar-refractivity contribution in [3.63, 3.8) is 0 Å². The molecule has 3 rings (SSSR count). The molecule has 6 heteroatoms. The van der Waals surface area contributed by atoms with E-state index in [4.69, 9.17) is 32.7 Å². The van der Waals surface area contributed by atoms with Crippen LogP contribution in [-0.4, -0.2) is 12.6 Å². The van der Waals surface area contributed by atoms with E-state index in [9.17, 15) is 4.79 Å². The first-order valence-electron chi connectivity index (χ1n) is 6.45. The number of carbonyl (C=O) groups excluding carboxylic acids is 1. The first-order valence-corrected chi connectivity index (χ1v) is 7.21. The van der Waals surface area contributed by atoms with E-state index in [1.54, 1.807) is 36.4 Å². The fourth-order valence-corrected chi connectivity index (χ4v) is 2.31. The molecule has 0 atom stereocenters. The first-order chi connectivity index (χ1) is 10.6. The van der Waals surface area contributed by atoms with Crippen LogP contribution < -0.4 is 14.8 Å². The summed E-state index contributed by atoms with van der Waals surface area (Å²) in [5, 5.41) is 4.01. The number of fused-ring (bicyclic) bond motifs is 1. The Balaban J connectivity index is 1.70. The van der Waals surface area contributed by atoms with Crippen molar-refractivity contribution in [3.8, 4) is 11.5 Å². The van der Waals surface area contributed by atoms with Crippen LogP contribution in [0.5, 0.6) is 11.5 Å². The van der Waals surface area contributed by atoms with Gasteiger partial charge in [0.25, 0.3) is 0 Å². The largest absolute Gasteiger partial charge is 0.454 e. The second-order valence-electron chi connectivity index (χ2n) is 4.53. The average molecular weight is 336 g/mol. The third-order valence-corrected chi connectivity index (χ3v) is 3.62. The topological polar surface area (TPSA) is 47.6 Å². The van der Waals surface area contributed by atoms with Gasteiger partial charge < -0.3 is 14.8 Å². The molecule has 0 spiro atoms. The fourth-order valence-electron chi connectivity index (χ4n) is 1.96. The van der Waals surface area contributed by atoms with Crippen molar-refractivity contribution in [2.45, 2.75) is 0 Å². The number of benzene rings is 2. The van der Waals surface area contributed by atoms with Gasteiger partial charge in [-0.25, -0.2) is 0 Å². The van der Waals surface area contributed by atoms with E-state index >= 15 is 0 Å². The molecule has 2 aromatic carbocycles. The lowest BCUT2D eigenvalue weighted by Crippen LogP contribution is -1.97. The van der Waals surface area contributed by atoms with Crippen LogP contribution in [0.15, 0.2) is 48.7 Å². The minimum atomic E-state index is -0.163. The van der Waals surface area contributed by atoms with Gasteiger partial charge in [-0.05, 0) is 36.4 Å². The molecule has 1 aliphatic rings. The summed E-state index contributed by atoms with van der Waals surface area (Å²) in [5.41, 5.74) is 1.14. The van der Waals surface area contributed by atoms with Crippen molar-refractivity contribution in [1.82, 2.24) is 0 Å². The van der Waals surface area contributed by atoms with Crippen LogP contribution in [0, 0.1) is 0 Å². The number of hydrogen-bond acceptors (Lipinski definition) is 4. The van der Waals surface area contributed by atoms with Crippen LogP contribution in [-0.2, 0) is 0 Å². The van der Waals surface area contributed by atoms with Gasteiger partial charge in [-0.2, -0.15) is 0 Å². The average Bonchev–Trinajstić information content (AvgIpc) is 2.98. The lowest BCUT2D eigenvalue weighted by molar-refractivity contribution is 0.104. The predicted molar refractivity (Wildman–Crippen MR) is 86.1 cm³/mol. The molecule has 1 heterocycles. The Hall–Kier alpha value is -2.17. The van der Waals surface area contributed by atoms with Crippen molar-refractivity contribution in [2.24, 2.45) is 0 Å².